The minimum Gasteiger partial charge on any atom is -0.456 e. The van der Waals surface area contributed by atoms with E-state index in [1.165, 1.54) is 5.56 Å². The van der Waals surface area contributed by atoms with Crippen molar-refractivity contribution in [2.45, 2.75) is 19.9 Å². The molecule has 0 saturated carbocycles. The maximum atomic E-state index is 5.98. The third-order valence-electron chi connectivity index (χ3n) is 4.47. The van der Waals surface area contributed by atoms with Gasteiger partial charge in [-0.05, 0) is 43.2 Å². The molecule has 0 fully saturated rings. The lowest BCUT2D eigenvalue weighted by Crippen LogP contribution is -1.98. The first kappa shape index (κ1) is 14.7. The molecule has 1 atom stereocenters. The lowest BCUT2D eigenvalue weighted by molar-refractivity contribution is 0.669. The molecule has 2 heteroatoms. The molecule has 1 aromatic heterocycles. The van der Waals surface area contributed by atoms with Crippen LogP contribution in [-0.2, 0) is 0 Å². The van der Waals surface area contributed by atoms with Gasteiger partial charge in [0.05, 0.1) is 6.04 Å². The molecule has 0 radical (unpaired) electrons. The molecule has 0 aliphatic rings. The lowest BCUT2D eigenvalue weighted by atomic mass is 10.1. The molecule has 4 rings (SSSR count). The highest BCUT2D eigenvalue weighted by Crippen LogP contribution is 2.29. The van der Waals surface area contributed by atoms with Gasteiger partial charge in [0.15, 0.2) is 0 Å². The van der Waals surface area contributed by atoms with Gasteiger partial charge in [0.25, 0.3) is 0 Å². The minimum atomic E-state index is 0.137. The Hall–Kier alpha value is -2.87. The van der Waals surface area contributed by atoms with Crippen molar-refractivity contribution in [1.82, 2.24) is 0 Å². The number of furan rings is 1. The van der Waals surface area contributed by atoms with Gasteiger partial charge < -0.3 is 4.42 Å². The topological polar surface area (TPSA) is 25.5 Å². The molecular formula is C22H19NO. The highest BCUT2D eigenvalue weighted by molar-refractivity contribution is 6.08. The molecule has 0 N–H and O–H groups in total. The molecule has 2 nitrogen and oxygen atoms in total. The summed E-state index contributed by atoms with van der Waals surface area (Å²) in [4.78, 5) is 4.85. The third kappa shape index (κ3) is 2.61. The van der Waals surface area contributed by atoms with E-state index in [-0.39, 0.29) is 6.04 Å². The molecule has 0 bridgehead atoms. The Morgan fingerprint density at radius 3 is 2.38 bits per heavy atom. The van der Waals surface area contributed by atoms with E-state index >= 15 is 0 Å². The Morgan fingerprint density at radius 1 is 0.833 bits per heavy atom. The first-order valence-corrected chi connectivity index (χ1v) is 8.23. The van der Waals surface area contributed by atoms with Gasteiger partial charge in [-0.25, -0.2) is 0 Å². The van der Waals surface area contributed by atoms with Gasteiger partial charge in [-0.1, -0.05) is 54.6 Å². The van der Waals surface area contributed by atoms with Crippen LogP contribution in [0.3, 0.4) is 0 Å². The number of benzene rings is 3. The summed E-state index contributed by atoms with van der Waals surface area (Å²) in [6.07, 6.45) is 0. The van der Waals surface area contributed by atoms with Gasteiger partial charge in [0.1, 0.15) is 11.2 Å². The van der Waals surface area contributed by atoms with Crippen molar-refractivity contribution in [3.05, 3.63) is 83.9 Å². The van der Waals surface area contributed by atoms with Crippen LogP contribution in [0.25, 0.3) is 21.9 Å². The lowest BCUT2D eigenvalue weighted by Gasteiger charge is -2.09. The van der Waals surface area contributed by atoms with Gasteiger partial charge in [-0.3, -0.25) is 4.99 Å². The Kier molecular flexibility index (Phi) is 3.66. The van der Waals surface area contributed by atoms with Crippen LogP contribution in [0.2, 0.25) is 0 Å². The summed E-state index contributed by atoms with van der Waals surface area (Å²) >= 11 is 0. The Balaban J connectivity index is 1.73. The molecular weight excluding hydrogens is 294 g/mol. The van der Waals surface area contributed by atoms with Crippen molar-refractivity contribution in [2.24, 2.45) is 4.99 Å². The molecule has 24 heavy (non-hydrogen) atoms. The zero-order valence-electron chi connectivity index (χ0n) is 13.9. The summed E-state index contributed by atoms with van der Waals surface area (Å²) in [5.74, 6) is 0. The van der Waals surface area contributed by atoms with Crippen molar-refractivity contribution in [3.63, 3.8) is 0 Å². The third-order valence-corrected chi connectivity index (χ3v) is 4.47. The van der Waals surface area contributed by atoms with Crippen LogP contribution in [0.4, 0.5) is 0 Å². The smallest absolute Gasteiger partial charge is 0.136 e. The maximum Gasteiger partial charge on any atom is 0.136 e. The molecule has 4 aromatic rings. The van der Waals surface area contributed by atoms with Crippen molar-refractivity contribution < 1.29 is 4.42 Å². The van der Waals surface area contributed by atoms with E-state index in [2.05, 4.69) is 62.4 Å². The molecule has 1 heterocycles. The number of para-hydroxylation sites is 1. The van der Waals surface area contributed by atoms with E-state index in [0.717, 1.165) is 33.2 Å². The van der Waals surface area contributed by atoms with Crippen LogP contribution >= 0.6 is 0 Å². The fourth-order valence-corrected chi connectivity index (χ4v) is 3.12. The SMILES string of the molecule is CC(=NC(C)c1ccccc1)c1ccc2c(c1)oc1ccccc12. The van der Waals surface area contributed by atoms with Crippen LogP contribution in [0.1, 0.15) is 31.0 Å². The average Bonchev–Trinajstić information content (AvgIpc) is 3.00. The van der Waals surface area contributed by atoms with Crippen molar-refractivity contribution in [1.29, 1.82) is 0 Å². The predicted octanol–water partition coefficient (Wildman–Crippen LogP) is 6.16. The second-order valence-corrected chi connectivity index (χ2v) is 6.11. The normalized spacial score (nSPS) is 13.5. The second-order valence-electron chi connectivity index (χ2n) is 6.11. The number of aliphatic imine (C=N–C) groups is 1. The molecule has 3 aromatic carbocycles. The fourth-order valence-electron chi connectivity index (χ4n) is 3.12. The van der Waals surface area contributed by atoms with E-state index < -0.39 is 0 Å². The monoisotopic (exact) mass is 313 g/mol. The van der Waals surface area contributed by atoms with Crippen LogP contribution in [0, 0.1) is 0 Å². The molecule has 0 saturated heterocycles. The van der Waals surface area contributed by atoms with E-state index in [0.29, 0.717) is 0 Å². The number of hydrogen-bond donors (Lipinski definition) is 0. The highest BCUT2D eigenvalue weighted by Gasteiger charge is 2.09. The summed E-state index contributed by atoms with van der Waals surface area (Å²) in [6.45, 7) is 4.18. The van der Waals surface area contributed by atoms with E-state index in [1.54, 1.807) is 0 Å². The molecule has 1 unspecified atom stereocenters. The van der Waals surface area contributed by atoms with Gasteiger partial charge in [0, 0.05) is 16.5 Å². The fraction of sp³-hybridized carbons (Fsp3) is 0.136. The summed E-state index contributed by atoms with van der Waals surface area (Å²) in [5.41, 5.74) is 5.19. The Morgan fingerprint density at radius 2 is 1.54 bits per heavy atom. The number of fused-ring (bicyclic) bond motifs is 3. The number of hydrogen-bond acceptors (Lipinski definition) is 2. The molecule has 0 aliphatic carbocycles. The van der Waals surface area contributed by atoms with E-state index in [4.69, 9.17) is 9.41 Å². The Labute approximate surface area is 141 Å². The average molecular weight is 313 g/mol. The van der Waals surface area contributed by atoms with E-state index in [9.17, 15) is 0 Å². The maximum absolute atomic E-state index is 5.98. The van der Waals surface area contributed by atoms with Crippen LogP contribution in [0.15, 0.2) is 82.2 Å². The minimum absolute atomic E-state index is 0.137. The standard InChI is InChI=1S/C22H19NO/c1-15(17-8-4-3-5-9-17)23-16(2)18-12-13-20-19-10-6-7-11-21(19)24-22(20)14-18/h3-15H,1-2H3. The summed E-state index contributed by atoms with van der Waals surface area (Å²) in [6, 6.07) is 25.0. The second kappa shape index (κ2) is 5.97. The van der Waals surface area contributed by atoms with Gasteiger partial charge in [-0.15, -0.1) is 0 Å². The number of rotatable bonds is 3. The van der Waals surface area contributed by atoms with Gasteiger partial charge >= 0.3 is 0 Å². The summed E-state index contributed by atoms with van der Waals surface area (Å²) in [7, 11) is 0. The van der Waals surface area contributed by atoms with Crippen molar-refractivity contribution in [2.75, 3.05) is 0 Å². The molecule has 0 aliphatic heterocycles. The molecule has 0 amide bonds. The highest BCUT2D eigenvalue weighted by atomic mass is 16.3. The summed E-state index contributed by atoms with van der Waals surface area (Å²) < 4.78 is 5.98. The number of nitrogens with zero attached hydrogens (tertiary/aromatic N) is 1. The van der Waals surface area contributed by atoms with Gasteiger partial charge in [0.2, 0.25) is 0 Å². The predicted molar refractivity (Wildman–Crippen MR) is 101 cm³/mol. The van der Waals surface area contributed by atoms with Crippen molar-refractivity contribution in [3.8, 4) is 0 Å². The van der Waals surface area contributed by atoms with Gasteiger partial charge in [-0.2, -0.15) is 0 Å². The van der Waals surface area contributed by atoms with Crippen LogP contribution in [-0.4, -0.2) is 5.71 Å². The Bertz CT molecular complexity index is 1030. The molecule has 0 spiro atoms. The zero-order valence-corrected chi connectivity index (χ0v) is 13.9. The van der Waals surface area contributed by atoms with Crippen LogP contribution < -0.4 is 0 Å². The first-order valence-electron chi connectivity index (χ1n) is 8.23. The van der Waals surface area contributed by atoms with Crippen LogP contribution in [0.5, 0.6) is 0 Å². The summed E-state index contributed by atoms with van der Waals surface area (Å²) in [5, 5.41) is 2.31. The largest absolute Gasteiger partial charge is 0.456 e. The zero-order chi connectivity index (χ0) is 16.5. The first-order chi connectivity index (χ1) is 11.7. The van der Waals surface area contributed by atoms with E-state index in [1.807, 2.05) is 24.3 Å². The quantitative estimate of drug-likeness (QED) is 0.416. The molecule has 118 valence electrons. The van der Waals surface area contributed by atoms with Crippen molar-refractivity contribution >= 4 is 27.7 Å².